The van der Waals surface area contributed by atoms with Crippen LogP contribution in [0.25, 0.3) is 11.8 Å². The van der Waals surface area contributed by atoms with Crippen LogP contribution in [-0.4, -0.2) is 15.3 Å². The van der Waals surface area contributed by atoms with E-state index in [0.717, 1.165) is 10.2 Å². The molecule has 0 bridgehead atoms. The summed E-state index contributed by atoms with van der Waals surface area (Å²) in [7, 11) is 0. The summed E-state index contributed by atoms with van der Waals surface area (Å²) in [6, 6.07) is 17.2. The summed E-state index contributed by atoms with van der Waals surface area (Å²) in [6.45, 7) is 0. The molecule has 2 aromatic carbocycles. The molecule has 0 spiro atoms. The van der Waals surface area contributed by atoms with Crippen molar-refractivity contribution in [2.45, 2.75) is 0 Å². The number of nitrogens with zero attached hydrogens (tertiary/aromatic N) is 2. The molecule has 0 unspecified atom stereocenters. The maximum Gasteiger partial charge on any atom is 0.271 e. The number of hydrogen-bond acceptors (Lipinski definition) is 3. The van der Waals surface area contributed by atoms with Gasteiger partial charge in [0.2, 0.25) is 0 Å². The normalized spacial score (nSPS) is 10.9. The molecule has 0 radical (unpaired) electrons. The van der Waals surface area contributed by atoms with Crippen LogP contribution in [0.15, 0.2) is 77.4 Å². The zero-order chi connectivity index (χ0) is 17.8. The number of carbonyl (C=O) groups excluding carboxylic acids is 1. The molecule has 0 saturated carbocycles. The molecule has 3 aromatic rings. The van der Waals surface area contributed by atoms with E-state index in [9.17, 15) is 14.9 Å². The third-order valence-corrected chi connectivity index (χ3v) is 4.11. The minimum atomic E-state index is -0.431. The van der Waals surface area contributed by atoms with Gasteiger partial charge in [0, 0.05) is 34.1 Å². The third-order valence-electron chi connectivity index (χ3n) is 3.61. The molecule has 5 nitrogen and oxygen atoms in total. The molecule has 0 N–H and O–H groups in total. The van der Waals surface area contributed by atoms with E-state index in [1.165, 1.54) is 18.2 Å². The molecule has 124 valence electrons. The fourth-order valence-electron chi connectivity index (χ4n) is 2.42. The van der Waals surface area contributed by atoms with Crippen molar-refractivity contribution < 1.29 is 9.72 Å². The van der Waals surface area contributed by atoms with E-state index in [-0.39, 0.29) is 11.5 Å². The summed E-state index contributed by atoms with van der Waals surface area (Å²) >= 11 is 3.35. The predicted molar refractivity (Wildman–Crippen MR) is 99.9 cm³/mol. The SMILES string of the molecule is O=C(/C=C/c1cccn1-c1cccc([N+](=O)[O-])c1)c1cccc(Br)c1. The molecular weight excluding hydrogens is 384 g/mol. The Morgan fingerprint density at radius 1 is 1.08 bits per heavy atom. The van der Waals surface area contributed by atoms with E-state index in [2.05, 4.69) is 15.9 Å². The van der Waals surface area contributed by atoms with E-state index < -0.39 is 4.92 Å². The van der Waals surface area contributed by atoms with E-state index in [1.807, 2.05) is 18.2 Å². The van der Waals surface area contributed by atoms with Gasteiger partial charge in [0.15, 0.2) is 5.78 Å². The predicted octanol–water partition coefficient (Wildman–Crippen LogP) is 5.04. The first kappa shape index (κ1) is 16.9. The maximum absolute atomic E-state index is 12.3. The van der Waals surface area contributed by atoms with Gasteiger partial charge in [-0.2, -0.15) is 0 Å². The lowest BCUT2D eigenvalue weighted by Crippen LogP contribution is -1.98. The Labute approximate surface area is 152 Å². The van der Waals surface area contributed by atoms with Gasteiger partial charge in [0.25, 0.3) is 5.69 Å². The average molecular weight is 397 g/mol. The Bertz CT molecular complexity index is 976. The van der Waals surface area contributed by atoms with Crippen LogP contribution in [-0.2, 0) is 0 Å². The van der Waals surface area contributed by atoms with Gasteiger partial charge in [0.05, 0.1) is 10.6 Å². The number of aromatic nitrogens is 1. The molecule has 1 heterocycles. The Morgan fingerprint density at radius 2 is 1.88 bits per heavy atom. The van der Waals surface area contributed by atoms with Crippen molar-refractivity contribution >= 4 is 33.5 Å². The standard InChI is InChI=1S/C19H13BrN2O3/c20-15-5-1-4-14(12-15)19(23)10-9-16-8-3-11-21(16)17-6-2-7-18(13-17)22(24)25/h1-13H/b10-9+. The van der Waals surface area contributed by atoms with Crippen molar-refractivity contribution in [3.05, 3.63) is 98.8 Å². The summed E-state index contributed by atoms with van der Waals surface area (Å²) in [5.74, 6) is -0.118. The first-order valence-electron chi connectivity index (χ1n) is 7.45. The van der Waals surface area contributed by atoms with Gasteiger partial charge < -0.3 is 4.57 Å². The molecule has 0 atom stereocenters. The van der Waals surface area contributed by atoms with Crippen molar-refractivity contribution in [3.8, 4) is 5.69 Å². The van der Waals surface area contributed by atoms with E-state index in [4.69, 9.17) is 0 Å². The first-order chi connectivity index (χ1) is 12.0. The summed E-state index contributed by atoms with van der Waals surface area (Å²) in [5.41, 5.74) is 2.02. The van der Waals surface area contributed by atoms with Crippen LogP contribution in [0.4, 0.5) is 5.69 Å². The highest BCUT2D eigenvalue weighted by Gasteiger charge is 2.08. The number of nitro groups is 1. The lowest BCUT2D eigenvalue weighted by Gasteiger charge is -2.06. The molecule has 25 heavy (non-hydrogen) atoms. The lowest BCUT2D eigenvalue weighted by atomic mass is 10.1. The van der Waals surface area contributed by atoms with Crippen LogP contribution in [0.1, 0.15) is 16.1 Å². The minimum absolute atomic E-state index is 0.0198. The number of hydrogen-bond donors (Lipinski definition) is 0. The third kappa shape index (κ3) is 3.92. The quantitative estimate of drug-likeness (QED) is 0.262. The van der Waals surface area contributed by atoms with Gasteiger partial charge in [-0.15, -0.1) is 0 Å². The van der Waals surface area contributed by atoms with Crippen LogP contribution in [0.3, 0.4) is 0 Å². The number of ketones is 1. The lowest BCUT2D eigenvalue weighted by molar-refractivity contribution is -0.384. The number of nitro benzene ring substituents is 1. The highest BCUT2D eigenvalue weighted by molar-refractivity contribution is 9.10. The molecule has 0 aliphatic rings. The molecule has 0 aliphatic heterocycles. The summed E-state index contributed by atoms with van der Waals surface area (Å²) < 4.78 is 2.63. The van der Waals surface area contributed by atoms with E-state index in [1.54, 1.807) is 47.2 Å². The van der Waals surface area contributed by atoms with Crippen molar-refractivity contribution in [1.29, 1.82) is 0 Å². The van der Waals surface area contributed by atoms with Gasteiger partial charge in [-0.1, -0.05) is 34.1 Å². The zero-order valence-electron chi connectivity index (χ0n) is 13.0. The molecule has 0 amide bonds. The smallest absolute Gasteiger partial charge is 0.271 e. The highest BCUT2D eigenvalue weighted by Crippen LogP contribution is 2.20. The average Bonchev–Trinajstić information content (AvgIpc) is 3.08. The molecule has 6 heteroatoms. The Balaban J connectivity index is 1.88. The van der Waals surface area contributed by atoms with Crippen LogP contribution >= 0.6 is 15.9 Å². The zero-order valence-corrected chi connectivity index (χ0v) is 14.6. The monoisotopic (exact) mass is 396 g/mol. The second kappa shape index (κ2) is 7.27. The van der Waals surface area contributed by atoms with Crippen molar-refractivity contribution in [1.82, 2.24) is 4.57 Å². The van der Waals surface area contributed by atoms with Crippen LogP contribution in [0.5, 0.6) is 0 Å². The van der Waals surface area contributed by atoms with Gasteiger partial charge in [-0.25, -0.2) is 0 Å². The summed E-state index contributed by atoms with van der Waals surface area (Å²) in [6.07, 6.45) is 4.98. The summed E-state index contributed by atoms with van der Waals surface area (Å²) in [5, 5.41) is 10.9. The number of non-ortho nitro benzene ring substituents is 1. The molecule has 0 aliphatic carbocycles. The fourth-order valence-corrected chi connectivity index (χ4v) is 2.82. The van der Waals surface area contributed by atoms with Gasteiger partial charge in [0.1, 0.15) is 0 Å². The summed E-state index contributed by atoms with van der Waals surface area (Å²) in [4.78, 5) is 22.8. The maximum atomic E-state index is 12.3. The fraction of sp³-hybridized carbons (Fsp3) is 0. The topological polar surface area (TPSA) is 65.1 Å². The second-order valence-electron chi connectivity index (χ2n) is 5.29. The van der Waals surface area contributed by atoms with Crippen LogP contribution in [0, 0.1) is 10.1 Å². The van der Waals surface area contributed by atoms with Crippen molar-refractivity contribution in [2.24, 2.45) is 0 Å². The van der Waals surface area contributed by atoms with Crippen LogP contribution < -0.4 is 0 Å². The number of halogens is 1. The van der Waals surface area contributed by atoms with Crippen LogP contribution in [0.2, 0.25) is 0 Å². The molecule has 0 saturated heterocycles. The number of rotatable bonds is 5. The first-order valence-corrected chi connectivity index (χ1v) is 8.24. The number of allylic oxidation sites excluding steroid dienone is 1. The molecular formula is C19H13BrN2O3. The Hall–Kier alpha value is -2.99. The Morgan fingerprint density at radius 3 is 2.64 bits per heavy atom. The Kier molecular flexibility index (Phi) is 4.90. The van der Waals surface area contributed by atoms with Gasteiger partial charge in [-0.3, -0.25) is 14.9 Å². The highest BCUT2D eigenvalue weighted by atomic mass is 79.9. The number of carbonyl (C=O) groups is 1. The molecule has 3 rings (SSSR count). The van der Waals surface area contributed by atoms with Gasteiger partial charge in [-0.05, 0) is 42.5 Å². The largest absolute Gasteiger partial charge is 0.317 e. The molecule has 0 fully saturated rings. The van der Waals surface area contributed by atoms with E-state index >= 15 is 0 Å². The minimum Gasteiger partial charge on any atom is -0.317 e. The number of benzene rings is 2. The molecule has 1 aromatic heterocycles. The van der Waals surface area contributed by atoms with E-state index in [0.29, 0.717) is 11.3 Å². The van der Waals surface area contributed by atoms with Crippen molar-refractivity contribution in [2.75, 3.05) is 0 Å². The van der Waals surface area contributed by atoms with Gasteiger partial charge >= 0.3 is 0 Å². The van der Waals surface area contributed by atoms with Crippen molar-refractivity contribution in [3.63, 3.8) is 0 Å². The second-order valence-corrected chi connectivity index (χ2v) is 6.20.